The van der Waals surface area contributed by atoms with Gasteiger partial charge in [0.1, 0.15) is 12.4 Å². The zero-order valence-electron chi connectivity index (χ0n) is 13.4. The molecule has 0 radical (unpaired) electrons. The van der Waals surface area contributed by atoms with E-state index < -0.39 is 18.8 Å². The fourth-order valence-electron chi connectivity index (χ4n) is 2.56. The molecule has 2 rings (SSSR count). The molecular weight excluding hydrogens is 309 g/mol. The van der Waals surface area contributed by atoms with Crippen molar-refractivity contribution in [3.05, 3.63) is 29.8 Å². The second-order valence-electron chi connectivity index (χ2n) is 5.94. The Labute approximate surface area is 133 Å². The van der Waals surface area contributed by atoms with Gasteiger partial charge in [-0.05, 0) is 27.0 Å². The Hall–Kier alpha value is -1.76. The lowest BCUT2D eigenvalue weighted by atomic mass is 10.1. The molecule has 1 aliphatic rings. The molecule has 0 saturated carbocycles. The summed E-state index contributed by atoms with van der Waals surface area (Å²) in [4.78, 5) is 15.3. The Morgan fingerprint density at radius 2 is 2.09 bits per heavy atom. The molecule has 4 nitrogen and oxygen atoms in total. The molecule has 0 bridgehead atoms. The molecule has 128 valence electrons. The number of fused-ring (bicyclic) bond motifs is 1. The summed E-state index contributed by atoms with van der Waals surface area (Å²) in [5, 5.41) is 0. The minimum atomic E-state index is -4.33. The van der Waals surface area contributed by atoms with E-state index in [9.17, 15) is 18.0 Å². The Morgan fingerprint density at radius 3 is 2.74 bits per heavy atom. The molecule has 1 amide bonds. The minimum absolute atomic E-state index is 0.211. The zero-order chi connectivity index (χ0) is 17.2. The lowest BCUT2D eigenvalue weighted by Crippen LogP contribution is -2.51. The SMILES string of the molecule is C[C@@H](C(=O)N1Cc2ccccc2OC[C@@H]1C)N(C)CC(F)(F)F. The van der Waals surface area contributed by atoms with Gasteiger partial charge in [0.2, 0.25) is 5.91 Å². The third-order valence-electron chi connectivity index (χ3n) is 4.06. The Bertz CT molecular complexity index is 563. The number of alkyl halides is 3. The highest BCUT2D eigenvalue weighted by molar-refractivity contribution is 5.82. The van der Waals surface area contributed by atoms with Crippen molar-refractivity contribution in [2.45, 2.75) is 38.7 Å². The number of benzene rings is 1. The highest BCUT2D eigenvalue weighted by Gasteiger charge is 2.35. The van der Waals surface area contributed by atoms with Crippen LogP contribution in [-0.2, 0) is 11.3 Å². The summed E-state index contributed by atoms with van der Waals surface area (Å²) < 4.78 is 43.2. The van der Waals surface area contributed by atoms with Crippen molar-refractivity contribution >= 4 is 5.91 Å². The van der Waals surface area contributed by atoms with Crippen molar-refractivity contribution in [3.63, 3.8) is 0 Å². The first kappa shape index (κ1) is 17.6. The van der Waals surface area contributed by atoms with E-state index in [0.29, 0.717) is 18.9 Å². The molecule has 0 saturated heterocycles. The Morgan fingerprint density at radius 1 is 1.43 bits per heavy atom. The average molecular weight is 330 g/mol. The van der Waals surface area contributed by atoms with Crippen LogP contribution in [0.2, 0.25) is 0 Å². The summed E-state index contributed by atoms with van der Waals surface area (Å²) >= 11 is 0. The Kier molecular flexibility index (Phi) is 5.19. The van der Waals surface area contributed by atoms with Crippen molar-refractivity contribution in [1.29, 1.82) is 0 Å². The number of hydrogen-bond donors (Lipinski definition) is 0. The van der Waals surface area contributed by atoms with Crippen LogP contribution in [0.4, 0.5) is 13.2 Å². The van der Waals surface area contributed by atoms with Crippen LogP contribution in [0.5, 0.6) is 5.75 Å². The van der Waals surface area contributed by atoms with E-state index in [0.717, 1.165) is 10.5 Å². The summed E-state index contributed by atoms with van der Waals surface area (Å²) in [6.07, 6.45) is -4.33. The van der Waals surface area contributed by atoms with E-state index in [1.54, 1.807) is 4.90 Å². The third kappa shape index (κ3) is 4.37. The maximum Gasteiger partial charge on any atom is 0.401 e. The van der Waals surface area contributed by atoms with Crippen LogP contribution in [0.1, 0.15) is 19.4 Å². The Balaban J connectivity index is 2.14. The van der Waals surface area contributed by atoms with E-state index in [1.165, 1.54) is 14.0 Å². The first-order valence-corrected chi connectivity index (χ1v) is 7.47. The van der Waals surface area contributed by atoms with Gasteiger partial charge in [-0.1, -0.05) is 18.2 Å². The van der Waals surface area contributed by atoms with E-state index in [2.05, 4.69) is 0 Å². The zero-order valence-corrected chi connectivity index (χ0v) is 13.4. The van der Waals surface area contributed by atoms with E-state index in [4.69, 9.17) is 4.74 Å². The fourth-order valence-corrected chi connectivity index (χ4v) is 2.56. The molecule has 0 fully saturated rings. The maximum absolute atomic E-state index is 12.7. The molecule has 2 atom stereocenters. The number of carbonyl (C=O) groups is 1. The van der Waals surface area contributed by atoms with E-state index >= 15 is 0 Å². The summed E-state index contributed by atoms with van der Waals surface area (Å²) in [7, 11) is 1.31. The number of nitrogens with zero attached hydrogens (tertiary/aromatic N) is 2. The van der Waals surface area contributed by atoms with Crippen molar-refractivity contribution in [2.75, 3.05) is 20.2 Å². The predicted molar refractivity (Wildman–Crippen MR) is 80.1 cm³/mol. The highest BCUT2D eigenvalue weighted by Crippen LogP contribution is 2.26. The van der Waals surface area contributed by atoms with Crippen molar-refractivity contribution in [3.8, 4) is 5.75 Å². The number of halogens is 3. The van der Waals surface area contributed by atoms with Crippen molar-refractivity contribution in [1.82, 2.24) is 9.80 Å². The van der Waals surface area contributed by atoms with Gasteiger partial charge in [-0.2, -0.15) is 13.2 Å². The third-order valence-corrected chi connectivity index (χ3v) is 4.06. The number of likely N-dealkylation sites (N-methyl/N-ethyl adjacent to an activating group) is 1. The topological polar surface area (TPSA) is 32.8 Å². The van der Waals surface area contributed by atoms with Crippen molar-refractivity contribution in [2.24, 2.45) is 0 Å². The number of amides is 1. The first-order chi connectivity index (χ1) is 10.7. The van der Waals surface area contributed by atoms with Crippen LogP contribution < -0.4 is 4.74 Å². The van der Waals surface area contributed by atoms with Gasteiger partial charge >= 0.3 is 6.18 Å². The summed E-state index contributed by atoms with van der Waals surface area (Å²) in [5.41, 5.74) is 0.857. The molecule has 1 aromatic rings. The summed E-state index contributed by atoms with van der Waals surface area (Å²) in [5.74, 6) is 0.385. The van der Waals surface area contributed by atoms with Crippen LogP contribution in [-0.4, -0.2) is 54.2 Å². The summed E-state index contributed by atoms with van der Waals surface area (Å²) in [6.45, 7) is 2.87. The molecule has 0 spiro atoms. The second-order valence-corrected chi connectivity index (χ2v) is 5.94. The summed E-state index contributed by atoms with van der Waals surface area (Å²) in [6, 6.07) is 6.31. The lowest BCUT2D eigenvalue weighted by molar-refractivity contribution is -0.156. The van der Waals surface area contributed by atoms with Gasteiger partial charge in [0, 0.05) is 12.1 Å². The highest BCUT2D eigenvalue weighted by atomic mass is 19.4. The molecular formula is C16H21F3N2O2. The molecule has 0 unspecified atom stereocenters. The molecule has 0 aromatic heterocycles. The molecule has 1 heterocycles. The standard InChI is InChI=1S/C16H21F3N2O2/c1-11-9-23-14-7-5-4-6-13(14)8-21(11)15(22)12(2)20(3)10-16(17,18)19/h4-7,11-12H,8-10H2,1-3H3/t11-,12-/m0/s1. The normalized spacial score (nSPS) is 19.8. The van der Waals surface area contributed by atoms with Gasteiger partial charge in [-0.25, -0.2) is 0 Å². The van der Waals surface area contributed by atoms with Crippen LogP contribution in [0.25, 0.3) is 0 Å². The lowest BCUT2D eigenvalue weighted by Gasteiger charge is -2.33. The van der Waals surface area contributed by atoms with Gasteiger partial charge in [-0.15, -0.1) is 0 Å². The van der Waals surface area contributed by atoms with Crippen LogP contribution in [0.3, 0.4) is 0 Å². The smallest absolute Gasteiger partial charge is 0.401 e. The van der Waals surface area contributed by atoms with Crippen LogP contribution >= 0.6 is 0 Å². The first-order valence-electron chi connectivity index (χ1n) is 7.47. The van der Waals surface area contributed by atoms with E-state index in [-0.39, 0.29) is 11.9 Å². The second kappa shape index (κ2) is 6.78. The number of para-hydroxylation sites is 1. The molecule has 1 aliphatic heterocycles. The van der Waals surface area contributed by atoms with Gasteiger partial charge in [0.25, 0.3) is 0 Å². The van der Waals surface area contributed by atoms with E-state index in [1.807, 2.05) is 31.2 Å². The number of rotatable bonds is 3. The number of hydrogen-bond acceptors (Lipinski definition) is 3. The number of carbonyl (C=O) groups excluding carboxylic acids is 1. The van der Waals surface area contributed by atoms with Crippen molar-refractivity contribution < 1.29 is 22.7 Å². The average Bonchev–Trinajstić information content (AvgIpc) is 2.64. The van der Waals surface area contributed by atoms with Gasteiger partial charge < -0.3 is 9.64 Å². The van der Waals surface area contributed by atoms with Crippen LogP contribution in [0.15, 0.2) is 24.3 Å². The monoisotopic (exact) mass is 330 g/mol. The number of ether oxygens (including phenoxy) is 1. The predicted octanol–water partition coefficient (Wildman–Crippen LogP) is 2.68. The largest absolute Gasteiger partial charge is 0.491 e. The maximum atomic E-state index is 12.7. The molecule has 7 heteroatoms. The fraction of sp³-hybridized carbons (Fsp3) is 0.562. The minimum Gasteiger partial charge on any atom is -0.491 e. The van der Waals surface area contributed by atoms with Crippen LogP contribution in [0, 0.1) is 0 Å². The van der Waals surface area contributed by atoms with Gasteiger partial charge in [0.15, 0.2) is 0 Å². The van der Waals surface area contributed by atoms with Gasteiger partial charge in [0.05, 0.1) is 18.6 Å². The quantitative estimate of drug-likeness (QED) is 0.854. The molecule has 0 N–H and O–H groups in total. The molecule has 1 aromatic carbocycles. The van der Waals surface area contributed by atoms with Gasteiger partial charge in [-0.3, -0.25) is 9.69 Å². The molecule has 0 aliphatic carbocycles. The molecule has 23 heavy (non-hydrogen) atoms.